The van der Waals surface area contributed by atoms with Crippen LogP contribution in [0, 0.1) is 6.92 Å². The summed E-state index contributed by atoms with van der Waals surface area (Å²) in [6.07, 6.45) is 0. The summed E-state index contributed by atoms with van der Waals surface area (Å²) in [5.74, 6) is 1.76. The van der Waals surface area contributed by atoms with Crippen molar-refractivity contribution in [3.8, 4) is 0 Å². The van der Waals surface area contributed by atoms with Crippen molar-refractivity contribution < 1.29 is 9.32 Å². The Morgan fingerprint density at radius 3 is 2.43 bits per heavy atom. The minimum atomic E-state index is 0. The van der Waals surface area contributed by atoms with Crippen LogP contribution in [0.25, 0.3) is 0 Å². The van der Waals surface area contributed by atoms with E-state index in [0.717, 1.165) is 0 Å². The van der Waals surface area contributed by atoms with Crippen LogP contribution in [-0.4, -0.2) is 65.0 Å². The fourth-order valence-electron chi connectivity index (χ4n) is 1.97. The van der Waals surface area contributed by atoms with Gasteiger partial charge in [-0.15, -0.1) is 24.0 Å². The summed E-state index contributed by atoms with van der Waals surface area (Å²) < 4.78 is 4.92. The normalized spacial score (nSPS) is 10.9. The molecule has 0 fully saturated rings. The second-order valence-corrected chi connectivity index (χ2v) is 4.82. The Labute approximate surface area is 154 Å². The van der Waals surface area contributed by atoms with Crippen molar-refractivity contribution in [1.29, 1.82) is 0 Å². The highest BCUT2D eigenvalue weighted by molar-refractivity contribution is 14.0. The zero-order valence-corrected chi connectivity index (χ0v) is 16.8. The van der Waals surface area contributed by atoms with Gasteiger partial charge in [0, 0.05) is 33.6 Å². The molecule has 0 radical (unpaired) electrons. The van der Waals surface area contributed by atoms with Crippen molar-refractivity contribution in [1.82, 2.24) is 25.3 Å². The van der Waals surface area contributed by atoms with Crippen molar-refractivity contribution >= 4 is 35.8 Å². The molecule has 0 aliphatic rings. The number of nitrogens with zero attached hydrogens (tertiary/aromatic N) is 5. The average Bonchev–Trinajstić information content (AvgIpc) is 2.90. The first-order valence-electron chi connectivity index (χ1n) is 7.58. The average molecular weight is 438 g/mol. The quantitative estimate of drug-likeness (QED) is 0.392. The minimum Gasteiger partial charge on any atom is -0.357 e. The number of carbonyl (C=O) groups is 1. The second-order valence-electron chi connectivity index (χ2n) is 4.82. The number of hydrogen-bond acceptors (Lipinski definition) is 5. The molecule has 1 amide bonds. The molecule has 9 heteroatoms. The Balaban J connectivity index is 0.00000484. The summed E-state index contributed by atoms with van der Waals surface area (Å²) >= 11 is 0. The van der Waals surface area contributed by atoms with E-state index in [0.29, 0.717) is 43.9 Å². The first-order valence-corrected chi connectivity index (χ1v) is 7.58. The first kappa shape index (κ1) is 21.6. The third-order valence-corrected chi connectivity index (χ3v) is 3.12. The van der Waals surface area contributed by atoms with E-state index >= 15 is 0 Å². The highest BCUT2D eigenvalue weighted by Crippen LogP contribution is 1.99. The minimum absolute atomic E-state index is 0. The van der Waals surface area contributed by atoms with Gasteiger partial charge in [-0.3, -0.25) is 4.79 Å². The van der Waals surface area contributed by atoms with Crippen LogP contribution < -0.4 is 5.32 Å². The number of aryl methyl sites for hydroxylation is 1. The molecular formula is C14H27IN6O2. The molecule has 0 saturated carbocycles. The van der Waals surface area contributed by atoms with Crippen LogP contribution in [-0.2, 0) is 11.3 Å². The van der Waals surface area contributed by atoms with Crippen LogP contribution in [0.5, 0.6) is 0 Å². The van der Waals surface area contributed by atoms with Crippen LogP contribution >= 0.6 is 24.0 Å². The Morgan fingerprint density at radius 2 is 1.96 bits per heavy atom. The molecule has 0 unspecified atom stereocenters. The number of halogens is 1. The van der Waals surface area contributed by atoms with Gasteiger partial charge in [0.15, 0.2) is 11.8 Å². The standard InChI is InChI=1S/C14H26N6O2.HI/c1-6-15-14(16-9-12-17-11(4)22-18-12)19(5)10-13(21)20(7-2)8-3;/h6-10H2,1-5H3,(H,15,16);1H. The maximum atomic E-state index is 12.2. The maximum absolute atomic E-state index is 12.2. The topological polar surface area (TPSA) is 86.9 Å². The van der Waals surface area contributed by atoms with Gasteiger partial charge in [0.25, 0.3) is 0 Å². The predicted molar refractivity (Wildman–Crippen MR) is 99.8 cm³/mol. The molecule has 1 aromatic rings. The van der Waals surface area contributed by atoms with Crippen LogP contribution in [0.2, 0.25) is 0 Å². The third kappa shape index (κ3) is 7.14. The fraction of sp³-hybridized carbons (Fsp3) is 0.714. The SMILES string of the molecule is CCNC(=NCc1noc(C)n1)N(C)CC(=O)N(CC)CC.I. The molecule has 132 valence electrons. The Kier molecular flexibility index (Phi) is 10.5. The Bertz CT molecular complexity index is 501. The van der Waals surface area contributed by atoms with Gasteiger partial charge in [-0.25, -0.2) is 4.99 Å². The molecule has 1 N–H and O–H groups in total. The van der Waals surface area contributed by atoms with Crippen molar-refractivity contribution in [3.05, 3.63) is 11.7 Å². The number of nitrogens with one attached hydrogen (secondary N) is 1. The molecule has 1 heterocycles. The number of likely N-dealkylation sites (N-methyl/N-ethyl adjacent to an activating group) is 2. The van der Waals surface area contributed by atoms with E-state index in [4.69, 9.17) is 4.52 Å². The molecule has 0 saturated heterocycles. The van der Waals surface area contributed by atoms with Crippen LogP contribution in [0.3, 0.4) is 0 Å². The highest BCUT2D eigenvalue weighted by atomic mass is 127. The zero-order chi connectivity index (χ0) is 16.5. The Morgan fingerprint density at radius 1 is 1.30 bits per heavy atom. The highest BCUT2D eigenvalue weighted by Gasteiger charge is 2.15. The third-order valence-electron chi connectivity index (χ3n) is 3.12. The van der Waals surface area contributed by atoms with Crippen LogP contribution in [0.4, 0.5) is 0 Å². The van der Waals surface area contributed by atoms with E-state index in [1.807, 2.05) is 27.8 Å². The molecule has 0 bridgehead atoms. The smallest absolute Gasteiger partial charge is 0.242 e. The molecule has 0 aromatic carbocycles. The lowest BCUT2D eigenvalue weighted by Crippen LogP contribution is -2.45. The number of aliphatic imine (C=N–C) groups is 1. The zero-order valence-electron chi connectivity index (χ0n) is 14.5. The number of hydrogen-bond donors (Lipinski definition) is 1. The van der Waals surface area contributed by atoms with E-state index < -0.39 is 0 Å². The molecule has 0 aliphatic heterocycles. The fourth-order valence-corrected chi connectivity index (χ4v) is 1.97. The Hall–Kier alpha value is -1.39. The van der Waals surface area contributed by atoms with E-state index in [1.54, 1.807) is 16.7 Å². The largest absolute Gasteiger partial charge is 0.357 e. The first-order chi connectivity index (χ1) is 10.5. The lowest BCUT2D eigenvalue weighted by atomic mass is 10.4. The summed E-state index contributed by atoms with van der Waals surface area (Å²) in [5.41, 5.74) is 0. The molecule has 0 aliphatic carbocycles. The number of aromatic nitrogens is 2. The van der Waals surface area contributed by atoms with E-state index in [2.05, 4.69) is 20.4 Å². The summed E-state index contributed by atoms with van der Waals surface area (Å²) in [5, 5.41) is 6.97. The van der Waals surface area contributed by atoms with E-state index in [-0.39, 0.29) is 36.4 Å². The number of amides is 1. The maximum Gasteiger partial charge on any atom is 0.242 e. The number of guanidine groups is 1. The van der Waals surface area contributed by atoms with Crippen LogP contribution in [0.15, 0.2) is 9.52 Å². The summed E-state index contributed by atoms with van der Waals surface area (Å²) in [6.45, 7) is 10.4. The van der Waals surface area contributed by atoms with Gasteiger partial charge >= 0.3 is 0 Å². The lowest BCUT2D eigenvalue weighted by Gasteiger charge is -2.25. The number of rotatable bonds is 7. The summed E-state index contributed by atoms with van der Waals surface area (Å²) in [6, 6.07) is 0. The van der Waals surface area contributed by atoms with Gasteiger partial charge in [-0.05, 0) is 20.8 Å². The molecule has 8 nitrogen and oxygen atoms in total. The van der Waals surface area contributed by atoms with Crippen molar-refractivity contribution in [2.45, 2.75) is 34.2 Å². The summed E-state index contributed by atoms with van der Waals surface area (Å²) in [4.78, 5) is 24.3. The van der Waals surface area contributed by atoms with E-state index in [1.165, 1.54) is 0 Å². The van der Waals surface area contributed by atoms with Crippen molar-refractivity contribution in [2.24, 2.45) is 4.99 Å². The number of carbonyl (C=O) groups excluding carboxylic acids is 1. The van der Waals surface area contributed by atoms with E-state index in [9.17, 15) is 4.79 Å². The van der Waals surface area contributed by atoms with Gasteiger partial charge in [0.05, 0.1) is 6.54 Å². The van der Waals surface area contributed by atoms with Gasteiger partial charge < -0.3 is 19.6 Å². The molecule has 0 spiro atoms. The second kappa shape index (κ2) is 11.2. The molecular weight excluding hydrogens is 411 g/mol. The van der Waals surface area contributed by atoms with Crippen LogP contribution in [0.1, 0.15) is 32.5 Å². The monoisotopic (exact) mass is 438 g/mol. The molecule has 0 atom stereocenters. The predicted octanol–water partition coefficient (Wildman–Crippen LogP) is 1.26. The van der Waals surface area contributed by atoms with Gasteiger partial charge in [0.2, 0.25) is 11.8 Å². The van der Waals surface area contributed by atoms with Crippen molar-refractivity contribution in [3.63, 3.8) is 0 Å². The molecule has 23 heavy (non-hydrogen) atoms. The van der Waals surface area contributed by atoms with Gasteiger partial charge in [0.1, 0.15) is 6.54 Å². The molecule has 1 rings (SSSR count). The molecule has 1 aromatic heterocycles. The lowest BCUT2D eigenvalue weighted by molar-refractivity contribution is -0.131. The van der Waals surface area contributed by atoms with Crippen molar-refractivity contribution in [2.75, 3.05) is 33.2 Å². The van der Waals surface area contributed by atoms with Gasteiger partial charge in [-0.1, -0.05) is 5.16 Å². The summed E-state index contributed by atoms with van der Waals surface area (Å²) in [7, 11) is 1.84. The van der Waals surface area contributed by atoms with Gasteiger partial charge in [-0.2, -0.15) is 4.98 Å².